The lowest BCUT2D eigenvalue weighted by Gasteiger charge is -2.15. The SMILES string of the molecule is CCn1nc(C)c(Br)c1CC(N)c1c(F)cccc1Cl. The molecule has 0 spiro atoms. The van der Waals surface area contributed by atoms with E-state index in [1.165, 1.54) is 6.07 Å². The molecule has 0 amide bonds. The molecular weight excluding hydrogens is 345 g/mol. The summed E-state index contributed by atoms with van der Waals surface area (Å²) in [5.41, 5.74) is 8.35. The molecule has 1 atom stereocenters. The second kappa shape index (κ2) is 6.24. The fourth-order valence-corrected chi connectivity index (χ4v) is 2.99. The first-order chi connectivity index (χ1) is 9.45. The number of nitrogens with zero attached hydrogens (tertiary/aromatic N) is 2. The van der Waals surface area contributed by atoms with E-state index in [0.29, 0.717) is 17.0 Å². The van der Waals surface area contributed by atoms with Crippen LogP contribution in [0.4, 0.5) is 4.39 Å². The minimum atomic E-state index is -0.513. The summed E-state index contributed by atoms with van der Waals surface area (Å²) in [5, 5.41) is 4.76. The molecule has 0 bridgehead atoms. The lowest BCUT2D eigenvalue weighted by molar-refractivity contribution is 0.555. The van der Waals surface area contributed by atoms with Crippen molar-refractivity contribution in [2.24, 2.45) is 5.73 Å². The molecule has 0 fully saturated rings. The Hall–Kier alpha value is -0.910. The number of aromatic nitrogens is 2. The van der Waals surface area contributed by atoms with Crippen LogP contribution in [-0.2, 0) is 13.0 Å². The number of halogens is 3. The molecule has 0 saturated heterocycles. The van der Waals surface area contributed by atoms with Gasteiger partial charge in [0.2, 0.25) is 0 Å². The Bertz CT molecular complexity index is 607. The van der Waals surface area contributed by atoms with Gasteiger partial charge in [0, 0.05) is 29.6 Å². The molecular formula is C14H16BrClFN3. The molecule has 2 N–H and O–H groups in total. The van der Waals surface area contributed by atoms with Crippen molar-refractivity contribution in [2.75, 3.05) is 0 Å². The van der Waals surface area contributed by atoms with E-state index >= 15 is 0 Å². The Morgan fingerprint density at radius 3 is 2.80 bits per heavy atom. The fourth-order valence-electron chi connectivity index (χ4n) is 2.24. The lowest BCUT2D eigenvalue weighted by atomic mass is 10.0. The van der Waals surface area contributed by atoms with E-state index in [9.17, 15) is 4.39 Å². The number of nitrogens with two attached hydrogens (primary N) is 1. The summed E-state index contributed by atoms with van der Waals surface area (Å²) in [6.45, 7) is 4.66. The predicted octanol–water partition coefficient (Wildman–Crippen LogP) is 4.01. The number of benzene rings is 1. The summed E-state index contributed by atoms with van der Waals surface area (Å²) in [5.74, 6) is -0.375. The number of aryl methyl sites for hydroxylation is 2. The zero-order valence-electron chi connectivity index (χ0n) is 11.3. The molecule has 6 heteroatoms. The van der Waals surface area contributed by atoms with Crippen LogP contribution in [0.15, 0.2) is 22.7 Å². The quantitative estimate of drug-likeness (QED) is 0.895. The molecule has 1 heterocycles. The summed E-state index contributed by atoms with van der Waals surface area (Å²) in [6.07, 6.45) is 0.468. The minimum absolute atomic E-state index is 0.350. The third-order valence-electron chi connectivity index (χ3n) is 3.24. The van der Waals surface area contributed by atoms with Gasteiger partial charge in [-0.25, -0.2) is 4.39 Å². The molecule has 1 aromatic heterocycles. The largest absolute Gasteiger partial charge is 0.323 e. The molecule has 0 radical (unpaired) electrons. The zero-order chi connectivity index (χ0) is 14.9. The maximum absolute atomic E-state index is 13.9. The van der Waals surface area contributed by atoms with Gasteiger partial charge in [0.15, 0.2) is 0 Å². The standard InChI is InChI=1S/C14H16BrClFN3/c1-3-20-12(14(15)8(2)19-20)7-11(18)13-9(16)5-4-6-10(13)17/h4-6,11H,3,7,18H2,1-2H3. The van der Waals surface area contributed by atoms with E-state index in [1.54, 1.807) is 12.1 Å². The highest BCUT2D eigenvalue weighted by Gasteiger charge is 2.20. The maximum Gasteiger partial charge on any atom is 0.129 e. The topological polar surface area (TPSA) is 43.8 Å². The van der Waals surface area contributed by atoms with E-state index in [0.717, 1.165) is 22.4 Å². The summed E-state index contributed by atoms with van der Waals surface area (Å²) >= 11 is 9.57. The van der Waals surface area contributed by atoms with Crippen molar-refractivity contribution in [2.45, 2.75) is 32.9 Å². The van der Waals surface area contributed by atoms with Crippen LogP contribution < -0.4 is 5.73 Å². The molecule has 2 rings (SSSR count). The first-order valence-electron chi connectivity index (χ1n) is 6.37. The molecule has 0 aliphatic rings. The summed E-state index contributed by atoms with van der Waals surface area (Å²) < 4.78 is 16.7. The van der Waals surface area contributed by atoms with E-state index in [-0.39, 0.29) is 5.82 Å². The highest BCUT2D eigenvalue weighted by molar-refractivity contribution is 9.10. The van der Waals surface area contributed by atoms with E-state index < -0.39 is 6.04 Å². The molecule has 1 unspecified atom stereocenters. The van der Waals surface area contributed by atoms with Gasteiger partial charge in [-0.05, 0) is 41.9 Å². The van der Waals surface area contributed by atoms with Crippen molar-refractivity contribution in [1.29, 1.82) is 0 Å². The van der Waals surface area contributed by atoms with Gasteiger partial charge in [0.1, 0.15) is 5.82 Å². The summed E-state index contributed by atoms with van der Waals surface area (Å²) in [6, 6.07) is 4.08. The Balaban J connectivity index is 2.35. The molecule has 1 aromatic carbocycles. The van der Waals surface area contributed by atoms with Crippen molar-refractivity contribution in [3.05, 3.63) is 50.5 Å². The van der Waals surface area contributed by atoms with Crippen molar-refractivity contribution in [3.63, 3.8) is 0 Å². The molecule has 2 aromatic rings. The molecule has 0 saturated carbocycles. The first kappa shape index (κ1) is 15.5. The first-order valence-corrected chi connectivity index (χ1v) is 7.54. The van der Waals surface area contributed by atoms with E-state index in [4.69, 9.17) is 17.3 Å². The minimum Gasteiger partial charge on any atom is -0.323 e. The molecule has 20 heavy (non-hydrogen) atoms. The van der Waals surface area contributed by atoms with Gasteiger partial charge in [-0.2, -0.15) is 5.10 Å². The van der Waals surface area contributed by atoms with Crippen molar-refractivity contribution in [1.82, 2.24) is 9.78 Å². The molecule has 0 aliphatic heterocycles. The average Bonchev–Trinajstić information content (AvgIpc) is 2.66. The molecule has 3 nitrogen and oxygen atoms in total. The van der Waals surface area contributed by atoms with Crippen LogP contribution in [0.3, 0.4) is 0 Å². The Morgan fingerprint density at radius 1 is 1.50 bits per heavy atom. The highest BCUT2D eigenvalue weighted by atomic mass is 79.9. The van der Waals surface area contributed by atoms with Crippen LogP contribution in [0.2, 0.25) is 5.02 Å². The highest BCUT2D eigenvalue weighted by Crippen LogP contribution is 2.30. The van der Waals surface area contributed by atoms with Crippen molar-refractivity contribution < 1.29 is 4.39 Å². The summed E-state index contributed by atoms with van der Waals surface area (Å²) in [4.78, 5) is 0. The fraction of sp³-hybridized carbons (Fsp3) is 0.357. The third kappa shape index (κ3) is 2.90. The van der Waals surface area contributed by atoms with Gasteiger partial charge in [0.05, 0.1) is 15.9 Å². The van der Waals surface area contributed by atoms with Gasteiger partial charge < -0.3 is 5.73 Å². The second-order valence-electron chi connectivity index (χ2n) is 4.61. The summed E-state index contributed by atoms with van der Waals surface area (Å²) in [7, 11) is 0. The molecule has 0 aliphatic carbocycles. The Kier molecular flexibility index (Phi) is 4.83. The number of hydrogen-bond donors (Lipinski definition) is 1. The van der Waals surface area contributed by atoms with Crippen LogP contribution >= 0.6 is 27.5 Å². The van der Waals surface area contributed by atoms with Gasteiger partial charge in [-0.15, -0.1) is 0 Å². The van der Waals surface area contributed by atoms with Crippen LogP contribution in [0, 0.1) is 12.7 Å². The second-order valence-corrected chi connectivity index (χ2v) is 5.81. The van der Waals surface area contributed by atoms with Gasteiger partial charge in [-0.1, -0.05) is 17.7 Å². The molecule has 108 valence electrons. The van der Waals surface area contributed by atoms with Crippen molar-refractivity contribution >= 4 is 27.5 Å². The monoisotopic (exact) mass is 359 g/mol. The Morgan fingerprint density at radius 2 is 2.20 bits per heavy atom. The number of rotatable bonds is 4. The predicted molar refractivity (Wildman–Crippen MR) is 82.4 cm³/mol. The van der Waals surface area contributed by atoms with Gasteiger partial charge >= 0.3 is 0 Å². The van der Waals surface area contributed by atoms with Crippen molar-refractivity contribution in [3.8, 4) is 0 Å². The van der Waals surface area contributed by atoms with Crippen LogP contribution in [-0.4, -0.2) is 9.78 Å². The maximum atomic E-state index is 13.9. The number of hydrogen-bond acceptors (Lipinski definition) is 2. The average molecular weight is 361 g/mol. The van der Waals surface area contributed by atoms with E-state index in [1.807, 2.05) is 18.5 Å². The zero-order valence-corrected chi connectivity index (χ0v) is 13.7. The van der Waals surface area contributed by atoms with Gasteiger partial charge in [0.25, 0.3) is 0 Å². The van der Waals surface area contributed by atoms with Crippen LogP contribution in [0.1, 0.15) is 29.9 Å². The van der Waals surface area contributed by atoms with E-state index in [2.05, 4.69) is 21.0 Å². The Labute approximate surface area is 131 Å². The normalized spacial score (nSPS) is 12.7. The smallest absolute Gasteiger partial charge is 0.129 e. The van der Waals surface area contributed by atoms with Crippen LogP contribution in [0.25, 0.3) is 0 Å². The lowest BCUT2D eigenvalue weighted by Crippen LogP contribution is -2.18. The van der Waals surface area contributed by atoms with Crippen LogP contribution in [0.5, 0.6) is 0 Å². The van der Waals surface area contributed by atoms with Gasteiger partial charge in [-0.3, -0.25) is 4.68 Å². The third-order valence-corrected chi connectivity index (χ3v) is 4.60.